The molecule has 0 bridgehead atoms. The molecule has 1 aromatic heterocycles. The van der Waals surface area contributed by atoms with Gasteiger partial charge >= 0.3 is 0 Å². The number of hydrogen-bond acceptors (Lipinski definition) is 8. The van der Waals surface area contributed by atoms with Crippen LogP contribution in [0.5, 0.6) is 17.2 Å². The minimum atomic E-state index is -0.654. The molecule has 0 aliphatic heterocycles. The molecule has 2 aromatic carbocycles. The van der Waals surface area contributed by atoms with Crippen LogP contribution in [0.3, 0.4) is 0 Å². The second-order valence-electron chi connectivity index (χ2n) is 10.6. The highest BCUT2D eigenvalue weighted by Gasteiger charge is 2.30. The smallest absolute Gasteiger partial charge is 0.242 e. The molecule has 1 aliphatic rings. The average Bonchev–Trinajstić information content (AvgIpc) is 3.37. The molecule has 0 saturated heterocycles. The Kier molecular flexibility index (Phi) is 9.72. The number of carbonyl (C=O) groups excluding carboxylic acids is 2. The molecule has 1 aliphatic carbocycles. The standard InChI is InChI=1S/C31H39N5O6/c1-17(2)28(31(39)33-12-11-20-15-32-16-34-20)36-24-10-8-21-22(14-25(24)38)23(35-18(3)37)9-7-19-13-26(40-4)29(41-5)30(42-6)27(19)21/h8,10,13-17,23,28H,7,9,11-12H2,1-6H3,(H,32,34)(H,33,39)(H,35,37)(H,36,38)/t23-,28+/m1/s1. The zero-order valence-corrected chi connectivity index (χ0v) is 24.9. The Hall–Kier alpha value is -4.54. The van der Waals surface area contributed by atoms with E-state index in [0.717, 1.165) is 16.8 Å². The Balaban J connectivity index is 1.77. The maximum atomic E-state index is 13.7. The van der Waals surface area contributed by atoms with Crippen LogP contribution in [0.15, 0.2) is 41.6 Å². The summed E-state index contributed by atoms with van der Waals surface area (Å²) in [6.07, 6.45) is 5.07. The third-order valence-corrected chi connectivity index (χ3v) is 7.42. The fourth-order valence-electron chi connectivity index (χ4n) is 5.38. The predicted octanol–water partition coefficient (Wildman–Crippen LogP) is 3.38. The molecule has 4 rings (SSSR count). The third-order valence-electron chi connectivity index (χ3n) is 7.42. The van der Waals surface area contributed by atoms with E-state index in [2.05, 4.69) is 25.9 Å². The van der Waals surface area contributed by atoms with E-state index in [4.69, 9.17) is 14.2 Å². The molecule has 2 amide bonds. The number of rotatable bonds is 11. The first-order chi connectivity index (χ1) is 20.2. The van der Waals surface area contributed by atoms with E-state index in [1.807, 2.05) is 26.0 Å². The number of anilines is 1. The van der Waals surface area contributed by atoms with Gasteiger partial charge in [0.05, 0.1) is 39.4 Å². The molecule has 11 nitrogen and oxygen atoms in total. The molecule has 4 N–H and O–H groups in total. The van der Waals surface area contributed by atoms with Crippen molar-refractivity contribution in [2.24, 2.45) is 5.92 Å². The van der Waals surface area contributed by atoms with Gasteiger partial charge in [0.25, 0.3) is 0 Å². The van der Waals surface area contributed by atoms with Gasteiger partial charge in [-0.2, -0.15) is 0 Å². The fraction of sp³-hybridized carbons (Fsp3) is 0.419. The lowest BCUT2D eigenvalue weighted by Gasteiger charge is -2.22. The largest absolute Gasteiger partial charge is 0.493 e. The maximum Gasteiger partial charge on any atom is 0.242 e. The van der Waals surface area contributed by atoms with E-state index in [-0.39, 0.29) is 28.8 Å². The second-order valence-corrected chi connectivity index (χ2v) is 10.6. The van der Waals surface area contributed by atoms with Gasteiger partial charge in [-0.25, -0.2) is 4.98 Å². The van der Waals surface area contributed by atoms with Crippen molar-refractivity contribution < 1.29 is 23.8 Å². The SMILES string of the molecule is COc1cc2c(c(OC)c1OC)-c1ccc(N[C@H](C(=O)NCCc3cnc[nH]3)C(C)C)c(=O)cc1[C@H](NC(C)=O)CC2. The molecular formula is C31H39N5O6. The van der Waals surface area contributed by atoms with Crippen molar-refractivity contribution in [3.63, 3.8) is 0 Å². The van der Waals surface area contributed by atoms with Gasteiger partial charge in [-0.15, -0.1) is 0 Å². The Morgan fingerprint density at radius 2 is 1.86 bits per heavy atom. The minimum Gasteiger partial charge on any atom is -0.493 e. The maximum absolute atomic E-state index is 13.7. The Bertz CT molecular complexity index is 1490. The Morgan fingerprint density at radius 1 is 1.10 bits per heavy atom. The summed E-state index contributed by atoms with van der Waals surface area (Å²) in [4.78, 5) is 46.1. The van der Waals surface area contributed by atoms with Crippen molar-refractivity contribution in [3.8, 4) is 28.4 Å². The van der Waals surface area contributed by atoms with Crippen LogP contribution in [0, 0.1) is 5.92 Å². The van der Waals surface area contributed by atoms with Gasteiger partial charge < -0.3 is 35.1 Å². The van der Waals surface area contributed by atoms with Crippen LogP contribution in [0.4, 0.5) is 5.69 Å². The first kappa shape index (κ1) is 30.4. The highest BCUT2D eigenvalue weighted by Crippen LogP contribution is 2.50. The van der Waals surface area contributed by atoms with Crippen LogP contribution < -0.4 is 35.6 Å². The molecule has 3 aromatic rings. The number of amides is 2. The lowest BCUT2D eigenvalue weighted by atomic mass is 9.95. The zero-order chi connectivity index (χ0) is 30.4. The van der Waals surface area contributed by atoms with Crippen LogP contribution >= 0.6 is 0 Å². The molecule has 42 heavy (non-hydrogen) atoms. The van der Waals surface area contributed by atoms with Gasteiger partial charge in [0.15, 0.2) is 11.5 Å². The van der Waals surface area contributed by atoms with E-state index in [1.54, 1.807) is 39.9 Å². The van der Waals surface area contributed by atoms with Crippen molar-refractivity contribution in [1.82, 2.24) is 20.6 Å². The van der Waals surface area contributed by atoms with E-state index in [9.17, 15) is 14.4 Å². The molecule has 0 saturated carbocycles. The predicted molar refractivity (Wildman–Crippen MR) is 160 cm³/mol. The number of benzene rings is 1. The van der Waals surface area contributed by atoms with Crippen molar-refractivity contribution >= 4 is 17.5 Å². The van der Waals surface area contributed by atoms with Crippen LogP contribution in [-0.2, 0) is 22.4 Å². The highest BCUT2D eigenvalue weighted by atomic mass is 16.5. The number of aryl methyl sites for hydroxylation is 1. The number of hydrogen-bond donors (Lipinski definition) is 4. The number of methoxy groups -OCH3 is 3. The molecule has 11 heteroatoms. The number of nitrogens with zero attached hydrogens (tertiary/aromatic N) is 1. The Labute approximate surface area is 245 Å². The molecule has 0 spiro atoms. The lowest BCUT2D eigenvalue weighted by molar-refractivity contribution is -0.122. The molecule has 224 valence electrons. The first-order valence-corrected chi connectivity index (χ1v) is 14.0. The van der Waals surface area contributed by atoms with E-state index in [1.165, 1.54) is 13.0 Å². The van der Waals surface area contributed by atoms with E-state index < -0.39 is 12.1 Å². The third kappa shape index (κ3) is 6.50. The number of H-pyrrole nitrogens is 1. The van der Waals surface area contributed by atoms with Crippen LogP contribution in [-0.4, -0.2) is 55.7 Å². The van der Waals surface area contributed by atoms with Gasteiger partial charge in [-0.1, -0.05) is 19.9 Å². The molecule has 0 radical (unpaired) electrons. The van der Waals surface area contributed by atoms with Crippen LogP contribution in [0.1, 0.15) is 50.1 Å². The van der Waals surface area contributed by atoms with Gasteiger partial charge in [0.1, 0.15) is 6.04 Å². The lowest BCUT2D eigenvalue weighted by Crippen LogP contribution is -2.44. The van der Waals surface area contributed by atoms with Gasteiger partial charge in [0, 0.05) is 37.3 Å². The topological polar surface area (TPSA) is 144 Å². The number of aromatic amines is 1. The normalized spacial score (nSPS) is 14.6. The van der Waals surface area contributed by atoms with Gasteiger partial charge in [0.2, 0.25) is 23.0 Å². The monoisotopic (exact) mass is 577 g/mol. The fourth-order valence-corrected chi connectivity index (χ4v) is 5.38. The summed E-state index contributed by atoms with van der Waals surface area (Å²) in [7, 11) is 4.66. The first-order valence-electron chi connectivity index (χ1n) is 14.0. The quantitative estimate of drug-likeness (QED) is 0.272. The summed E-state index contributed by atoms with van der Waals surface area (Å²) in [5, 5.41) is 9.15. The van der Waals surface area contributed by atoms with Crippen molar-refractivity contribution in [3.05, 3.63) is 63.8 Å². The zero-order valence-electron chi connectivity index (χ0n) is 24.9. The number of fused-ring (bicyclic) bond motifs is 3. The highest BCUT2D eigenvalue weighted by molar-refractivity contribution is 5.86. The minimum absolute atomic E-state index is 0.107. The van der Waals surface area contributed by atoms with Crippen LogP contribution in [0.2, 0.25) is 0 Å². The van der Waals surface area contributed by atoms with Crippen molar-refractivity contribution in [2.45, 2.75) is 52.1 Å². The number of aromatic nitrogens is 2. The van der Waals surface area contributed by atoms with E-state index >= 15 is 0 Å². The number of ether oxygens (including phenoxy) is 3. The number of imidazole rings is 1. The molecule has 2 atom stereocenters. The van der Waals surface area contributed by atoms with E-state index in [0.29, 0.717) is 54.2 Å². The Morgan fingerprint density at radius 3 is 2.48 bits per heavy atom. The molecular weight excluding hydrogens is 538 g/mol. The van der Waals surface area contributed by atoms with Gasteiger partial charge in [-0.05, 0) is 53.6 Å². The van der Waals surface area contributed by atoms with Gasteiger partial charge in [-0.3, -0.25) is 14.4 Å². The van der Waals surface area contributed by atoms with Crippen LogP contribution in [0.25, 0.3) is 11.1 Å². The summed E-state index contributed by atoms with van der Waals surface area (Å²) in [6, 6.07) is 5.88. The van der Waals surface area contributed by atoms with Crippen molar-refractivity contribution in [1.29, 1.82) is 0 Å². The summed E-state index contributed by atoms with van der Waals surface area (Å²) >= 11 is 0. The summed E-state index contributed by atoms with van der Waals surface area (Å²) in [5.74, 6) is 0.908. The molecule has 0 fully saturated rings. The summed E-state index contributed by atoms with van der Waals surface area (Å²) in [5.41, 5.74) is 3.95. The summed E-state index contributed by atoms with van der Waals surface area (Å²) < 4.78 is 17.1. The van der Waals surface area contributed by atoms with Crippen molar-refractivity contribution in [2.75, 3.05) is 33.2 Å². The summed E-state index contributed by atoms with van der Waals surface area (Å²) in [6.45, 7) is 5.72. The number of carbonyl (C=O) groups is 2. The molecule has 1 heterocycles. The second kappa shape index (κ2) is 13.4. The molecule has 0 unspecified atom stereocenters. The number of nitrogens with one attached hydrogen (secondary N) is 4. The average molecular weight is 578 g/mol.